The molecule has 0 saturated carbocycles. The summed E-state index contributed by atoms with van der Waals surface area (Å²) in [4.78, 5) is 77.8. The van der Waals surface area contributed by atoms with Crippen molar-refractivity contribution in [2.75, 3.05) is 38.5 Å². The van der Waals surface area contributed by atoms with Crippen molar-refractivity contribution in [3.8, 4) is 0 Å². The molecule has 18 nitrogen and oxygen atoms in total. The van der Waals surface area contributed by atoms with Crippen molar-refractivity contribution in [1.29, 1.82) is 0 Å². The SMILES string of the molecule is NCCCCC(NC(=O)C(CCCCN)NC(=O)C(CCCCN)NC(=O)C(CCCCN)NC(=O)C(CO)NC(=O)C(N)CS)C(N)=O. The van der Waals surface area contributed by atoms with Crippen molar-refractivity contribution in [2.24, 2.45) is 34.4 Å². The van der Waals surface area contributed by atoms with Crippen LogP contribution < -0.4 is 61.0 Å². The number of aliphatic hydroxyl groups is 1. The summed E-state index contributed by atoms with van der Waals surface area (Å²) in [6, 6.07) is -6.76. The van der Waals surface area contributed by atoms with Gasteiger partial charge in [-0.05, 0) is 103 Å². The minimum Gasteiger partial charge on any atom is -0.394 e. The van der Waals surface area contributed by atoms with Crippen LogP contribution in [0.1, 0.15) is 77.0 Å². The minimum atomic E-state index is -1.40. The van der Waals surface area contributed by atoms with Crippen molar-refractivity contribution >= 4 is 48.1 Å². The minimum absolute atomic E-state index is 0.000611. The Morgan fingerprint density at radius 1 is 0.490 bits per heavy atom. The lowest BCUT2D eigenvalue weighted by atomic mass is 10.0. The highest BCUT2D eigenvalue weighted by atomic mass is 32.1. The van der Waals surface area contributed by atoms with Gasteiger partial charge in [-0.25, -0.2) is 0 Å². The molecule has 0 aliphatic heterocycles. The van der Waals surface area contributed by atoms with E-state index < -0.39 is 78.3 Å². The molecule has 0 fully saturated rings. The number of amides is 6. The zero-order valence-electron chi connectivity index (χ0n) is 28.5. The Labute approximate surface area is 294 Å². The molecule has 6 amide bonds. The Balaban J connectivity index is 6.06. The molecule has 0 saturated heterocycles. The van der Waals surface area contributed by atoms with Crippen LogP contribution in [-0.4, -0.2) is 115 Å². The maximum Gasteiger partial charge on any atom is 0.245 e. The molecule has 0 spiro atoms. The number of carbonyl (C=O) groups is 6. The summed E-state index contributed by atoms with van der Waals surface area (Å²) in [6.07, 6.45) is 5.02. The lowest BCUT2D eigenvalue weighted by molar-refractivity contribution is -0.135. The zero-order valence-corrected chi connectivity index (χ0v) is 29.4. The van der Waals surface area contributed by atoms with Crippen LogP contribution >= 0.6 is 12.6 Å². The van der Waals surface area contributed by atoms with Crippen molar-refractivity contribution in [3.05, 3.63) is 0 Å². The Hall–Kier alpha value is -3.07. The first-order chi connectivity index (χ1) is 23.4. The molecular formula is C30H61N11O7S. The maximum atomic E-state index is 13.7. The van der Waals surface area contributed by atoms with Crippen molar-refractivity contribution in [1.82, 2.24) is 26.6 Å². The lowest BCUT2D eigenvalue weighted by Gasteiger charge is -2.27. The summed E-state index contributed by atoms with van der Waals surface area (Å²) < 4.78 is 0. The summed E-state index contributed by atoms with van der Waals surface area (Å²) in [5, 5.41) is 22.6. The van der Waals surface area contributed by atoms with Gasteiger partial charge in [-0.2, -0.15) is 12.6 Å². The third kappa shape index (κ3) is 19.6. The van der Waals surface area contributed by atoms with Gasteiger partial charge in [-0.3, -0.25) is 28.8 Å². The second-order valence-corrected chi connectivity index (χ2v) is 12.2. The summed E-state index contributed by atoms with van der Waals surface area (Å²) in [5.41, 5.74) is 33.6. The van der Waals surface area contributed by atoms with E-state index in [9.17, 15) is 33.9 Å². The predicted molar refractivity (Wildman–Crippen MR) is 189 cm³/mol. The molecule has 19 heteroatoms. The van der Waals surface area contributed by atoms with Gasteiger partial charge in [0.15, 0.2) is 0 Å². The van der Waals surface area contributed by atoms with Gasteiger partial charge in [-0.15, -0.1) is 0 Å². The van der Waals surface area contributed by atoms with Crippen LogP contribution in [0.15, 0.2) is 0 Å². The van der Waals surface area contributed by atoms with Gasteiger partial charge in [0.25, 0.3) is 0 Å². The number of hydrogen-bond donors (Lipinski definition) is 13. The molecule has 0 aromatic carbocycles. The molecular weight excluding hydrogens is 658 g/mol. The Morgan fingerprint density at radius 3 is 1.06 bits per heavy atom. The van der Waals surface area contributed by atoms with Crippen LogP contribution in [0.5, 0.6) is 0 Å². The van der Waals surface area contributed by atoms with Crippen LogP contribution in [0.2, 0.25) is 0 Å². The Kier molecular flexibility index (Phi) is 26.0. The number of nitrogens with two attached hydrogens (primary N) is 6. The highest BCUT2D eigenvalue weighted by Gasteiger charge is 2.32. The molecule has 18 N–H and O–H groups in total. The number of primary amides is 1. The fourth-order valence-corrected chi connectivity index (χ4v) is 4.87. The molecule has 0 rings (SSSR count). The predicted octanol–water partition coefficient (Wildman–Crippen LogP) is -4.34. The van der Waals surface area contributed by atoms with E-state index in [1.165, 1.54) is 0 Å². The Bertz CT molecular complexity index is 1010. The van der Waals surface area contributed by atoms with E-state index >= 15 is 0 Å². The lowest BCUT2D eigenvalue weighted by Crippen LogP contribution is -2.60. The summed E-state index contributed by atoms with van der Waals surface area (Å²) in [5.74, 6) is -4.26. The third-order valence-electron chi connectivity index (χ3n) is 7.70. The summed E-state index contributed by atoms with van der Waals surface area (Å²) in [7, 11) is 0. The molecule has 0 bridgehead atoms. The van der Waals surface area contributed by atoms with Gasteiger partial charge in [0, 0.05) is 5.75 Å². The average Bonchev–Trinajstić information content (AvgIpc) is 3.08. The molecule has 0 aromatic heterocycles. The highest BCUT2D eigenvalue weighted by Crippen LogP contribution is 2.09. The van der Waals surface area contributed by atoms with Crippen LogP contribution in [0.25, 0.3) is 0 Å². The number of rotatable bonds is 29. The van der Waals surface area contributed by atoms with Crippen molar-refractivity contribution in [3.63, 3.8) is 0 Å². The van der Waals surface area contributed by atoms with E-state index in [1.54, 1.807) is 0 Å². The van der Waals surface area contributed by atoms with Crippen molar-refractivity contribution < 1.29 is 33.9 Å². The smallest absolute Gasteiger partial charge is 0.245 e. The fourth-order valence-electron chi connectivity index (χ4n) is 4.71. The number of hydrogen-bond acceptors (Lipinski definition) is 13. The van der Waals surface area contributed by atoms with Crippen LogP contribution in [0.3, 0.4) is 0 Å². The van der Waals surface area contributed by atoms with Gasteiger partial charge in [0.05, 0.1) is 12.6 Å². The van der Waals surface area contributed by atoms with Gasteiger partial charge < -0.3 is 66.1 Å². The largest absolute Gasteiger partial charge is 0.394 e. The molecule has 6 unspecified atom stereocenters. The van der Waals surface area contributed by atoms with Crippen LogP contribution in [0, 0.1) is 0 Å². The van der Waals surface area contributed by atoms with E-state index in [0.29, 0.717) is 77.5 Å². The second-order valence-electron chi connectivity index (χ2n) is 11.8. The normalized spacial score (nSPS) is 14.8. The highest BCUT2D eigenvalue weighted by molar-refractivity contribution is 7.80. The van der Waals surface area contributed by atoms with E-state index in [-0.39, 0.29) is 31.4 Å². The van der Waals surface area contributed by atoms with Gasteiger partial charge >= 0.3 is 0 Å². The molecule has 0 heterocycles. The fraction of sp³-hybridized carbons (Fsp3) is 0.800. The molecule has 0 aromatic rings. The van der Waals surface area contributed by atoms with E-state index in [2.05, 4.69) is 39.2 Å². The Morgan fingerprint density at radius 2 is 0.776 bits per heavy atom. The molecule has 0 aliphatic rings. The number of unbranched alkanes of at least 4 members (excludes halogenated alkanes) is 4. The van der Waals surface area contributed by atoms with E-state index in [4.69, 9.17) is 34.4 Å². The number of aliphatic hydroxyl groups excluding tert-OH is 1. The number of carbonyl (C=O) groups excluding carboxylic acids is 6. The quantitative estimate of drug-likeness (QED) is 0.0258. The number of thiol groups is 1. The number of nitrogens with one attached hydrogen (secondary N) is 5. The first-order valence-corrected chi connectivity index (χ1v) is 17.6. The van der Waals surface area contributed by atoms with Gasteiger partial charge in [-0.1, -0.05) is 0 Å². The monoisotopic (exact) mass is 719 g/mol. The second kappa shape index (κ2) is 27.7. The molecule has 49 heavy (non-hydrogen) atoms. The van der Waals surface area contributed by atoms with Crippen molar-refractivity contribution in [2.45, 2.75) is 113 Å². The van der Waals surface area contributed by atoms with Crippen LogP contribution in [-0.2, 0) is 28.8 Å². The van der Waals surface area contributed by atoms with Gasteiger partial charge in [0.1, 0.15) is 30.2 Å². The molecule has 284 valence electrons. The maximum absolute atomic E-state index is 13.7. The van der Waals surface area contributed by atoms with Gasteiger partial charge in [0.2, 0.25) is 35.4 Å². The zero-order chi connectivity index (χ0) is 37.2. The third-order valence-corrected chi connectivity index (χ3v) is 8.09. The molecule has 0 aliphatic carbocycles. The average molecular weight is 720 g/mol. The first-order valence-electron chi connectivity index (χ1n) is 17.0. The molecule has 0 radical (unpaired) electrons. The first kappa shape index (κ1) is 45.9. The van der Waals surface area contributed by atoms with Crippen LogP contribution in [0.4, 0.5) is 0 Å². The summed E-state index contributed by atoms with van der Waals surface area (Å²) in [6.45, 7) is 0.683. The standard InChI is InChI=1S/C30H61N11O7S/c31-13-5-1-9-20(25(36)43)37-27(45)21(10-2-6-14-32)38-28(46)22(11-3-7-15-33)39-29(47)23(12-4-8-16-34)40-30(48)24(17-42)41-26(44)19(35)18-49/h19-24,42,49H,1-18,31-35H2,(H2,36,43)(H,37,45)(H,38,46)(H,39,47)(H,40,48)(H,41,44). The summed E-state index contributed by atoms with van der Waals surface area (Å²) >= 11 is 3.96. The van der Waals surface area contributed by atoms with E-state index in [0.717, 1.165) is 0 Å². The van der Waals surface area contributed by atoms with E-state index in [1.807, 2.05) is 0 Å². The molecule has 6 atom stereocenters. The topological polar surface area (TPSA) is 339 Å².